The van der Waals surface area contributed by atoms with Gasteiger partial charge in [-0.25, -0.2) is 4.39 Å². The Bertz CT molecular complexity index is 905. The summed E-state index contributed by atoms with van der Waals surface area (Å²) in [5, 5.41) is 12.2. The summed E-state index contributed by atoms with van der Waals surface area (Å²) < 4.78 is 19.9. The zero-order valence-corrected chi connectivity index (χ0v) is 17.0. The van der Waals surface area contributed by atoms with Crippen LogP contribution in [0.1, 0.15) is 53.2 Å². The van der Waals surface area contributed by atoms with Crippen molar-refractivity contribution < 1.29 is 18.5 Å². The van der Waals surface area contributed by atoms with Crippen molar-refractivity contribution in [2.45, 2.75) is 58.8 Å². The van der Waals surface area contributed by atoms with Gasteiger partial charge >= 0.3 is 0 Å². The molecule has 1 amide bonds. The van der Waals surface area contributed by atoms with E-state index in [-0.39, 0.29) is 17.2 Å². The molecule has 0 spiro atoms. The van der Waals surface area contributed by atoms with Gasteiger partial charge in [0, 0.05) is 29.0 Å². The summed E-state index contributed by atoms with van der Waals surface area (Å²) >= 11 is 1.50. The van der Waals surface area contributed by atoms with Crippen LogP contribution in [-0.2, 0) is 15.4 Å². The van der Waals surface area contributed by atoms with Gasteiger partial charge in [-0.2, -0.15) is 0 Å². The highest BCUT2D eigenvalue weighted by Gasteiger charge is 2.29. The Morgan fingerprint density at radius 1 is 1.41 bits per heavy atom. The summed E-state index contributed by atoms with van der Waals surface area (Å²) in [6.07, 6.45) is 1.38. The number of nitrogens with one attached hydrogen (secondary N) is 1. The third kappa shape index (κ3) is 4.26. The summed E-state index contributed by atoms with van der Waals surface area (Å²) in [5.74, 6) is -0.250. The summed E-state index contributed by atoms with van der Waals surface area (Å²) in [6, 6.07) is 2.84. The van der Waals surface area contributed by atoms with Crippen LogP contribution in [0.5, 0.6) is 0 Å². The molecule has 3 rings (SSSR count). The van der Waals surface area contributed by atoms with Crippen LogP contribution in [0.15, 0.2) is 21.8 Å². The predicted octanol–water partition coefficient (Wildman–Crippen LogP) is 5.09. The van der Waals surface area contributed by atoms with Crippen LogP contribution in [0, 0.1) is 11.2 Å². The third-order valence-electron chi connectivity index (χ3n) is 4.73. The quantitative estimate of drug-likeness (QED) is 0.766. The topological polar surface area (TPSA) is 76.7 Å². The van der Waals surface area contributed by atoms with E-state index in [2.05, 4.69) is 15.6 Å². The zero-order chi connectivity index (χ0) is 19.8. The van der Waals surface area contributed by atoms with E-state index >= 15 is 0 Å². The van der Waals surface area contributed by atoms with Gasteiger partial charge in [0.2, 0.25) is 5.91 Å². The zero-order valence-electron chi connectivity index (χ0n) is 16.2. The van der Waals surface area contributed by atoms with Crippen molar-refractivity contribution in [2.24, 2.45) is 10.6 Å². The van der Waals surface area contributed by atoms with E-state index < -0.39 is 11.2 Å². The van der Waals surface area contributed by atoms with Gasteiger partial charge < -0.3 is 14.7 Å². The normalized spacial score (nSPS) is 16.3. The maximum atomic E-state index is 14.5. The summed E-state index contributed by atoms with van der Waals surface area (Å²) in [6.45, 7) is 9.50. The minimum atomic E-state index is -0.581. The van der Waals surface area contributed by atoms with Gasteiger partial charge in [0.1, 0.15) is 22.2 Å². The van der Waals surface area contributed by atoms with Gasteiger partial charge in [-0.3, -0.25) is 4.79 Å². The molecule has 1 aromatic carbocycles. The van der Waals surface area contributed by atoms with E-state index in [0.717, 1.165) is 11.5 Å². The van der Waals surface area contributed by atoms with Crippen LogP contribution in [-0.4, -0.2) is 21.7 Å². The fraction of sp³-hybridized carbons (Fsp3) is 0.526. The van der Waals surface area contributed by atoms with E-state index in [1.54, 1.807) is 0 Å². The minimum absolute atomic E-state index is 0.0969. The Morgan fingerprint density at radius 2 is 2.15 bits per heavy atom. The lowest BCUT2D eigenvalue weighted by Crippen LogP contribution is -2.30. The first kappa shape index (κ1) is 19.7. The van der Waals surface area contributed by atoms with Crippen molar-refractivity contribution in [3.05, 3.63) is 23.6 Å². The number of hydrogen-bond acceptors (Lipinski definition) is 6. The molecule has 2 heterocycles. The number of oxime groups is 1. The van der Waals surface area contributed by atoms with Crippen molar-refractivity contribution in [1.29, 1.82) is 0 Å². The van der Waals surface area contributed by atoms with E-state index in [1.807, 2.05) is 34.6 Å². The molecular formula is C19H24FN3O3S. The fourth-order valence-electron chi connectivity index (χ4n) is 2.49. The lowest BCUT2D eigenvalue weighted by molar-refractivity contribution is -0.124. The summed E-state index contributed by atoms with van der Waals surface area (Å²) in [7, 11) is 0. The number of anilines is 1. The van der Waals surface area contributed by atoms with E-state index in [4.69, 9.17) is 9.36 Å². The van der Waals surface area contributed by atoms with E-state index in [0.29, 0.717) is 28.8 Å². The smallest absolute Gasteiger partial charge is 0.230 e. The average molecular weight is 393 g/mol. The first-order valence-corrected chi connectivity index (χ1v) is 9.87. The second-order valence-corrected chi connectivity index (χ2v) is 9.00. The molecule has 1 N–H and O–H groups in total. The number of halogens is 1. The maximum Gasteiger partial charge on any atom is 0.230 e. The number of nitrogens with zero attached hydrogens (tertiary/aromatic N) is 2. The van der Waals surface area contributed by atoms with Crippen LogP contribution >= 0.6 is 11.8 Å². The number of aromatic nitrogens is 1. The highest BCUT2D eigenvalue weighted by atomic mass is 32.2. The molecule has 0 saturated heterocycles. The van der Waals surface area contributed by atoms with Gasteiger partial charge in [-0.05, 0) is 26.3 Å². The molecule has 0 aliphatic carbocycles. The van der Waals surface area contributed by atoms with E-state index in [9.17, 15) is 9.18 Å². The largest absolute Gasteiger partial charge is 0.389 e. The minimum Gasteiger partial charge on any atom is -0.389 e. The molecule has 1 aromatic heterocycles. The fourth-order valence-corrected chi connectivity index (χ4v) is 3.54. The number of carbonyl (C=O) groups excluding carboxylic acids is 1. The van der Waals surface area contributed by atoms with Crippen molar-refractivity contribution in [3.63, 3.8) is 0 Å². The van der Waals surface area contributed by atoms with Crippen molar-refractivity contribution in [3.8, 4) is 0 Å². The van der Waals surface area contributed by atoms with Gasteiger partial charge in [0.25, 0.3) is 0 Å². The third-order valence-corrected chi connectivity index (χ3v) is 5.70. The van der Waals surface area contributed by atoms with Crippen LogP contribution in [0.3, 0.4) is 0 Å². The summed E-state index contributed by atoms with van der Waals surface area (Å²) in [4.78, 5) is 17.7. The van der Waals surface area contributed by atoms with Gasteiger partial charge in [-0.15, -0.1) is 11.8 Å². The molecule has 1 aliphatic rings. The maximum absolute atomic E-state index is 14.5. The Kier molecular flexibility index (Phi) is 5.20. The second-order valence-electron chi connectivity index (χ2n) is 7.95. The first-order chi connectivity index (χ1) is 12.6. The first-order valence-electron chi connectivity index (χ1n) is 8.88. The lowest BCUT2D eigenvalue weighted by Gasteiger charge is -2.21. The molecule has 0 radical (unpaired) electrons. The number of thioether (sulfide) groups is 1. The highest BCUT2D eigenvalue weighted by molar-refractivity contribution is 8.13. The Balaban J connectivity index is 1.75. The van der Waals surface area contributed by atoms with Crippen LogP contribution in [0.4, 0.5) is 10.1 Å². The SMILES string of the molecule is CCC(C)(C)C(=O)Nc1cc2onc(CSC3=NOC(C)(C)C3)c2cc1F. The molecule has 8 heteroatoms. The second kappa shape index (κ2) is 7.14. The van der Waals surface area contributed by atoms with Crippen LogP contribution in [0.25, 0.3) is 11.0 Å². The lowest BCUT2D eigenvalue weighted by atomic mass is 9.89. The molecule has 0 bridgehead atoms. The van der Waals surface area contributed by atoms with Crippen molar-refractivity contribution in [2.75, 3.05) is 5.32 Å². The molecular weight excluding hydrogens is 369 g/mol. The molecule has 0 unspecified atom stereocenters. The molecule has 6 nitrogen and oxygen atoms in total. The average Bonchev–Trinajstić information content (AvgIpc) is 3.15. The molecule has 0 atom stereocenters. The summed E-state index contributed by atoms with van der Waals surface area (Å²) in [5.41, 5.74) is 0.289. The number of rotatable bonds is 5. The van der Waals surface area contributed by atoms with Crippen molar-refractivity contribution in [1.82, 2.24) is 5.16 Å². The molecule has 27 heavy (non-hydrogen) atoms. The molecule has 0 fully saturated rings. The molecule has 0 saturated carbocycles. The molecule has 146 valence electrons. The van der Waals surface area contributed by atoms with Gasteiger partial charge in [-0.1, -0.05) is 31.1 Å². The van der Waals surface area contributed by atoms with Gasteiger partial charge in [0.05, 0.1) is 5.69 Å². The number of carbonyl (C=O) groups is 1. The van der Waals surface area contributed by atoms with Gasteiger partial charge in [0.15, 0.2) is 5.58 Å². The Labute approximate surface area is 161 Å². The number of hydrogen-bond donors (Lipinski definition) is 1. The van der Waals surface area contributed by atoms with Crippen LogP contribution in [0.2, 0.25) is 0 Å². The molecule has 2 aromatic rings. The van der Waals surface area contributed by atoms with Crippen LogP contribution < -0.4 is 5.32 Å². The van der Waals surface area contributed by atoms with Crippen molar-refractivity contribution >= 4 is 39.4 Å². The standard InChI is InChI=1S/C19H24FN3O3S/c1-6-18(2,3)17(24)21-13-8-15-11(7-12(13)20)14(22-25-15)10-27-16-9-19(4,5)26-23-16/h7-8H,6,9-10H2,1-5H3,(H,21,24). The monoisotopic (exact) mass is 393 g/mol. The highest BCUT2D eigenvalue weighted by Crippen LogP contribution is 2.32. The predicted molar refractivity (Wildman–Crippen MR) is 105 cm³/mol. The Morgan fingerprint density at radius 3 is 2.78 bits per heavy atom. The number of amides is 1. The number of fused-ring (bicyclic) bond motifs is 1. The van der Waals surface area contributed by atoms with E-state index in [1.165, 1.54) is 23.9 Å². The number of benzene rings is 1. The molecule has 1 aliphatic heterocycles. The Hall–Kier alpha value is -2.09.